The van der Waals surface area contributed by atoms with Crippen LogP contribution in [0.5, 0.6) is 5.75 Å². The fourth-order valence-electron chi connectivity index (χ4n) is 4.54. The van der Waals surface area contributed by atoms with E-state index in [-0.39, 0.29) is 12.0 Å². The largest absolute Gasteiger partial charge is 0.490 e. The molecule has 0 radical (unpaired) electrons. The number of nitrogens with zero attached hydrogens (tertiary/aromatic N) is 3. The highest BCUT2D eigenvalue weighted by Crippen LogP contribution is 2.29. The van der Waals surface area contributed by atoms with E-state index >= 15 is 0 Å². The molecule has 0 unspecified atom stereocenters. The smallest absolute Gasteiger partial charge is 0.253 e. The standard InChI is InChI=1S/C22H26N4O2/c1-14-9-19-20(11-23-22(19)27)24-21(14)26-7-5-17(6-8-26)28-18-4-3-15-12-25(2)13-16(15)10-18/h3-4,9-10,17H,5-8,11-13H2,1-2H3,(H,23,27). The van der Waals surface area contributed by atoms with Gasteiger partial charge in [0.15, 0.2) is 0 Å². The molecule has 3 aliphatic rings. The third-order valence-electron chi connectivity index (χ3n) is 6.03. The first-order valence-corrected chi connectivity index (χ1v) is 10.1. The molecule has 3 aliphatic heterocycles. The molecule has 1 fully saturated rings. The third kappa shape index (κ3) is 3.11. The van der Waals surface area contributed by atoms with Crippen molar-refractivity contribution in [1.29, 1.82) is 0 Å². The van der Waals surface area contributed by atoms with Crippen LogP contribution >= 0.6 is 0 Å². The van der Waals surface area contributed by atoms with Crippen LogP contribution in [0.1, 0.15) is 45.6 Å². The Balaban J connectivity index is 1.24. The first-order chi connectivity index (χ1) is 13.6. The van der Waals surface area contributed by atoms with Crippen LogP contribution in [0.3, 0.4) is 0 Å². The lowest BCUT2D eigenvalue weighted by Gasteiger charge is -2.34. The molecule has 1 amide bonds. The SMILES string of the molecule is Cc1cc2c(nc1N1CCC(Oc3ccc4c(c3)CN(C)C4)CC1)CNC2=O. The normalized spacial score (nSPS) is 19.5. The van der Waals surface area contributed by atoms with Crippen molar-refractivity contribution in [3.05, 3.63) is 52.2 Å². The molecule has 1 aromatic heterocycles. The van der Waals surface area contributed by atoms with Gasteiger partial charge in [-0.1, -0.05) is 6.07 Å². The van der Waals surface area contributed by atoms with Gasteiger partial charge >= 0.3 is 0 Å². The van der Waals surface area contributed by atoms with E-state index in [0.717, 1.165) is 67.4 Å². The second-order valence-corrected chi connectivity index (χ2v) is 8.21. The number of piperidine rings is 1. The van der Waals surface area contributed by atoms with Crippen LogP contribution in [0.15, 0.2) is 24.3 Å². The van der Waals surface area contributed by atoms with Gasteiger partial charge in [0.25, 0.3) is 5.91 Å². The van der Waals surface area contributed by atoms with Crippen molar-refractivity contribution in [2.45, 2.75) is 45.5 Å². The van der Waals surface area contributed by atoms with Gasteiger partial charge in [0, 0.05) is 39.0 Å². The van der Waals surface area contributed by atoms with Gasteiger partial charge in [0.2, 0.25) is 0 Å². The van der Waals surface area contributed by atoms with Gasteiger partial charge < -0.3 is 15.0 Å². The van der Waals surface area contributed by atoms with Gasteiger partial charge in [-0.25, -0.2) is 4.98 Å². The Morgan fingerprint density at radius 2 is 1.93 bits per heavy atom. The molecule has 5 rings (SSSR count). The summed E-state index contributed by atoms with van der Waals surface area (Å²) in [5, 5.41) is 2.85. The molecule has 1 aromatic carbocycles. The van der Waals surface area contributed by atoms with E-state index in [1.165, 1.54) is 11.1 Å². The van der Waals surface area contributed by atoms with Crippen LogP contribution in [-0.4, -0.2) is 42.0 Å². The highest BCUT2D eigenvalue weighted by Gasteiger charge is 2.27. The Morgan fingerprint density at radius 3 is 2.75 bits per heavy atom. The summed E-state index contributed by atoms with van der Waals surface area (Å²) in [6.45, 7) is 6.46. The van der Waals surface area contributed by atoms with Crippen molar-refractivity contribution in [2.24, 2.45) is 0 Å². The molecule has 6 heteroatoms. The highest BCUT2D eigenvalue weighted by atomic mass is 16.5. The number of nitrogens with one attached hydrogen (secondary N) is 1. The molecule has 2 aromatic rings. The van der Waals surface area contributed by atoms with E-state index in [9.17, 15) is 4.79 Å². The maximum Gasteiger partial charge on any atom is 0.253 e. The molecule has 1 saturated heterocycles. The van der Waals surface area contributed by atoms with E-state index in [1.807, 2.05) is 13.0 Å². The average Bonchev–Trinajstić information content (AvgIpc) is 3.23. The number of benzene rings is 1. The number of anilines is 1. The predicted molar refractivity (Wildman–Crippen MR) is 108 cm³/mol. The van der Waals surface area contributed by atoms with Crippen LogP contribution in [0.2, 0.25) is 0 Å². The van der Waals surface area contributed by atoms with Crippen LogP contribution in [0.25, 0.3) is 0 Å². The van der Waals surface area contributed by atoms with E-state index in [0.29, 0.717) is 6.54 Å². The molecule has 1 N–H and O–H groups in total. The number of carbonyl (C=O) groups excluding carboxylic acids is 1. The molecule has 28 heavy (non-hydrogen) atoms. The number of aryl methyl sites for hydroxylation is 1. The lowest BCUT2D eigenvalue weighted by Crippen LogP contribution is -2.39. The number of hydrogen-bond acceptors (Lipinski definition) is 5. The number of pyridine rings is 1. The summed E-state index contributed by atoms with van der Waals surface area (Å²) in [6, 6.07) is 8.50. The second-order valence-electron chi connectivity index (χ2n) is 8.21. The third-order valence-corrected chi connectivity index (χ3v) is 6.03. The minimum Gasteiger partial charge on any atom is -0.490 e. The fourth-order valence-corrected chi connectivity index (χ4v) is 4.54. The van der Waals surface area contributed by atoms with Gasteiger partial charge in [-0.15, -0.1) is 0 Å². The molecule has 4 heterocycles. The summed E-state index contributed by atoms with van der Waals surface area (Å²) in [6.07, 6.45) is 2.20. The summed E-state index contributed by atoms with van der Waals surface area (Å²) >= 11 is 0. The zero-order chi connectivity index (χ0) is 19.3. The predicted octanol–water partition coefficient (Wildman–Crippen LogP) is 2.63. The number of amides is 1. The van der Waals surface area contributed by atoms with Gasteiger partial charge in [-0.2, -0.15) is 0 Å². The van der Waals surface area contributed by atoms with Crippen molar-refractivity contribution in [3.8, 4) is 5.75 Å². The van der Waals surface area contributed by atoms with Crippen molar-refractivity contribution < 1.29 is 9.53 Å². The molecule has 0 atom stereocenters. The minimum atomic E-state index is -0.00945. The highest BCUT2D eigenvalue weighted by molar-refractivity contribution is 5.98. The van der Waals surface area contributed by atoms with E-state index < -0.39 is 0 Å². The number of ether oxygens (including phenoxy) is 1. The molecule has 0 saturated carbocycles. The van der Waals surface area contributed by atoms with Gasteiger partial charge in [0.05, 0.1) is 17.8 Å². The van der Waals surface area contributed by atoms with Gasteiger partial charge in [-0.05, 0) is 48.9 Å². The number of rotatable bonds is 3. The molecular weight excluding hydrogens is 352 g/mol. The summed E-state index contributed by atoms with van der Waals surface area (Å²) < 4.78 is 6.30. The van der Waals surface area contributed by atoms with Crippen molar-refractivity contribution >= 4 is 11.7 Å². The zero-order valence-electron chi connectivity index (χ0n) is 16.5. The zero-order valence-corrected chi connectivity index (χ0v) is 16.5. The quantitative estimate of drug-likeness (QED) is 0.890. The van der Waals surface area contributed by atoms with Crippen molar-refractivity contribution in [1.82, 2.24) is 15.2 Å². The first-order valence-electron chi connectivity index (χ1n) is 10.1. The second kappa shape index (κ2) is 6.78. The van der Waals surface area contributed by atoms with Gasteiger partial charge in [-0.3, -0.25) is 9.69 Å². The Labute approximate surface area is 165 Å². The van der Waals surface area contributed by atoms with Crippen LogP contribution < -0.4 is 15.0 Å². The van der Waals surface area contributed by atoms with Crippen LogP contribution in [-0.2, 0) is 19.6 Å². The monoisotopic (exact) mass is 378 g/mol. The Hall–Kier alpha value is -2.60. The number of fused-ring (bicyclic) bond motifs is 2. The Morgan fingerprint density at radius 1 is 1.14 bits per heavy atom. The summed E-state index contributed by atoms with van der Waals surface area (Å²) in [5.74, 6) is 1.99. The number of aromatic nitrogens is 1. The molecular formula is C22H26N4O2. The molecule has 0 aliphatic carbocycles. The fraction of sp³-hybridized carbons (Fsp3) is 0.455. The van der Waals surface area contributed by atoms with E-state index in [1.54, 1.807) is 0 Å². The lowest BCUT2D eigenvalue weighted by atomic mass is 10.1. The van der Waals surface area contributed by atoms with Crippen molar-refractivity contribution in [2.75, 3.05) is 25.0 Å². The molecule has 146 valence electrons. The Kier molecular flexibility index (Phi) is 4.23. The maximum atomic E-state index is 11.8. The summed E-state index contributed by atoms with van der Waals surface area (Å²) in [5.41, 5.74) is 5.46. The van der Waals surface area contributed by atoms with Crippen molar-refractivity contribution in [3.63, 3.8) is 0 Å². The van der Waals surface area contributed by atoms with Gasteiger partial charge in [0.1, 0.15) is 17.7 Å². The molecule has 6 nitrogen and oxygen atoms in total. The number of hydrogen-bond donors (Lipinski definition) is 1. The first kappa shape index (κ1) is 17.5. The topological polar surface area (TPSA) is 57.7 Å². The Bertz CT molecular complexity index is 934. The van der Waals surface area contributed by atoms with Crippen LogP contribution in [0.4, 0.5) is 5.82 Å². The number of carbonyl (C=O) groups is 1. The summed E-state index contributed by atoms with van der Waals surface area (Å²) in [4.78, 5) is 21.3. The molecule has 0 bridgehead atoms. The van der Waals surface area contributed by atoms with E-state index in [2.05, 4.69) is 40.4 Å². The average molecular weight is 378 g/mol. The van der Waals surface area contributed by atoms with Crippen LogP contribution in [0, 0.1) is 6.92 Å². The maximum absolute atomic E-state index is 11.8. The lowest BCUT2D eigenvalue weighted by molar-refractivity contribution is 0.0965. The minimum absolute atomic E-state index is 0.00945. The molecule has 0 spiro atoms. The summed E-state index contributed by atoms with van der Waals surface area (Å²) in [7, 11) is 2.15. The van der Waals surface area contributed by atoms with E-state index in [4.69, 9.17) is 9.72 Å².